The van der Waals surface area contributed by atoms with E-state index in [2.05, 4.69) is 4.98 Å². The minimum Gasteiger partial charge on any atom is -0.337 e. The summed E-state index contributed by atoms with van der Waals surface area (Å²) in [5, 5.41) is 11.8. The monoisotopic (exact) mass is 435 g/mol. The highest BCUT2D eigenvalue weighted by atomic mass is 32.1. The third kappa shape index (κ3) is 4.31. The number of carbonyl (C=O) groups excluding carboxylic acids is 1. The van der Waals surface area contributed by atoms with Crippen molar-refractivity contribution in [2.45, 2.75) is 26.8 Å². The molecule has 0 atom stereocenters. The summed E-state index contributed by atoms with van der Waals surface area (Å²) in [6.07, 6.45) is 6.00. The normalized spacial score (nSPS) is 11.0. The lowest BCUT2D eigenvalue weighted by molar-refractivity contribution is -0.384. The van der Waals surface area contributed by atoms with Crippen LogP contribution < -0.4 is 4.90 Å². The Balaban J connectivity index is 1.68. The number of carbonyl (C=O) groups is 1. The summed E-state index contributed by atoms with van der Waals surface area (Å²) in [5.74, 6) is -0.303. The number of aryl methyl sites for hydroxylation is 3. The SMILES string of the molecule is Cc1ccc2sc(N(CCCn3ccnc3)C(=O)c3cccc([N+](=O)[O-])c3)nc2c1C. The van der Waals surface area contributed by atoms with Crippen molar-refractivity contribution in [2.75, 3.05) is 11.4 Å². The van der Waals surface area contributed by atoms with Gasteiger partial charge in [-0.1, -0.05) is 23.5 Å². The number of rotatable bonds is 7. The predicted molar refractivity (Wildman–Crippen MR) is 121 cm³/mol. The molecule has 8 nitrogen and oxygen atoms in total. The first-order chi connectivity index (χ1) is 14.9. The van der Waals surface area contributed by atoms with Crippen LogP contribution in [0.25, 0.3) is 10.2 Å². The lowest BCUT2D eigenvalue weighted by atomic mass is 10.1. The Morgan fingerprint density at radius 3 is 2.84 bits per heavy atom. The number of nitro groups is 1. The van der Waals surface area contributed by atoms with Crippen LogP contribution in [0.15, 0.2) is 55.1 Å². The van der Waals surface area contributed by atoms with Crippen molar-refractivity contribution in [3.8, 4) is 0 Å². The third-order valence-corrected chi connectivity index (χ3v) is 6.25. The molecule has 0 aliphatic heterocycles. The van der Waals surface area contributed by atoms with Crippen molar-refractivity contribution < 1.29 is 9.72 Å². The van der Waals surface area contributed by atoms with Gasteiger partial charge in [-0.3, -0.25) is 19.8 Å². The summed E-state index contributed by atoms with van der Waals surface area (Å²) in [5.41, 5.74) is 3.26. The highest BCUT2D eigenvalue weighted by Gasteiger charge is 2.23. The Kier molecular flexibility index (Phi) is 5.77. The number of imidazole rings is 1. The van der Waals surface area contributed by atoms with Crippen molar-refractivity contribution in [3.63, 3.8) is 0 Å². The van der Waals surface area contributed by atoms with E-state index in [1.165, 1.54) is 29.5 Å². The topological polar surface area (TPSA) is 94.2 Å². The van der Waals surface area contributed by atoms with Crippen molar-refractivity contribution in [3.05, 3.63) is 81.9 Å². The van der Waals surface area contributed by atoms with Crippen LogP contribution in [-0.4, -0.2) is 31.9 Å². The van der Waals surface area contributed by atoms with Crippen LogP contribution in [0.2, 0.25) is 0 Å². The number of thiazole rings is 1. The van der Waals surface area contributed by atoms with Crippen LogP contribution in [-0.2, 0) is 6.54 Å². The molecule has 2 aromatic heterocycles. The molecule has 0 spiro atoms. The van der Waals surface area contributed by atoms with Gasteiger partial charge in [0.2, 0.25) is 0 Å². The van der Waals surface area contributed by atoms with Crippen LogP contribution >= 0.6 is 11.3 Å². The van der Waals surface area contributed by atoms with Crippen LogP contribution in [0.5, 0.6) is 0 Å². The molecular weight excluding hydrogens is 414 g/mol. The molecule has 0 aliphatic rings. The van der Waals surface area contributed by atoms with Crippen molar-refractivity contribution in [1.82, 2.24) is 14.5 Å². The average Bonchev–Trinajstić information content (AvgIpc) is 3.44. The number of fused-ring (bicyclic) bond motifs is 1. The zero-order valence-electron chi connectivity index (χ0n) is 17.2. The Hall–Kier alpha value is -3.59. The van der Waals surface area contributed by atoms with Gasteiger partial charge in [0.05, 0.1) is 21.5 Å². The molecule has 1 amide bonds. The molecule has 4 rings (SSSR count). The molecule has 0 fully saturated rings. The molecular formula is C22H21N5O3S. The molecule has 0 aliphatic carbocycles. The number of nitro benzene ring substituents is 1. The van der Waals surface area contributed by atoms with Gasteiger partial charge in [-0.25, -0.2) is 9.97 Å². The van der Waals surface area contributed by atoms with Gasteiger partial charge in [0.25, 0.3) is 11.6 Å². The third-order valence-electron chi connectivity index (χ3n) is 5.21. The van der Waals surface area contributed by atoms with Gasteiger partial charge in [-0.15, -0.1) is 0 Å². The number of hydrogen-bond acceptors (Lipinski definition) is 6. The van der Waals surface area contributed by atoms with Gasteiger partial charge < -0.3 is 4.57 Å². The number of amides is 1. The zero-order chi connectivity index (χ0) is 22.0. The first-order valence-corrected chi connectivity index (χ1v) is 10.6. The first kappa shape index (κ1) is 20.7. The maximum absolute atomic E-state index is 13.4. The van der Waals surface area contributed by atoms with E-state index in [1.807, 2.05) is 36.7 Å². The lowest BCUT2D eigenvalue weighted by Crippen LogP contribution is -2.32. The highest BCUT2D eigenvalue weighted by molar-refractivity contribution is 7.22. The fourth-order valence-electron chi connectivity index (χ4n) is 3.35. The van der Waals surface area contributed by atoms with E-state index >= 15 is 0 Å². The lowest BCUT2D eigenvalue weighted by Gasteiger charge is -2.20. The fourth-order valence-corrected chi connectivity index (χ4v) is 4.40. The summed E-state index contributed by atoms with van der Waals surface area (Å²) in [4.78, 5) is 34.5. The van der Waals surface area contributed by atoms with Gasteiger partial charge in [0.1, 0.15) is 0 Å². The molecule has 9 heteroatoms. The maximum Gasteiger partial charge on any atom is 0.270 e. The van der Waals surface area contributed by atoms with Crippen molar-refractivity contribution >= 4 is 38.3 Å². The standard InChI is InChI=1S/C22H21N5O3S/c1-15-7-8-19-20(16(15)2)24-22(31-19)26(11-4-10-25-12-9-23-14-25)21(28)17-5-3-6-18(13-17)27(29)30/h3,5-9,12-14H,4,10-11H2,1-2H3. The molecule has 2 heterocycles. The number of hydrogen-bond donors (Lipinski definition) is 0. The van der Waals surface area contributed by atoms with Crippen LogP contribution in [0.4, 0.5) is 10.8 Å². The van der Waals surface area contributed by atoms with E-state index in [1.54, 1.807) is 23.5 Å². The van der Waals surface area contributed by atoms with E-state index < -0.39 is 4.92 Å². The van der Waals surface area contributed by atoms with Crippen molar-refractivity contribution in [1.29, 1.82) is 0 Å². The largest absolute Gasteiger partial charge is 0.337 e. The number of anilines is 1. The number of non-ortho nitro benzene ring substituents is 1. The highest BCUT2D eigenvalue weighted by Crippen LogP contribution is 2.33. The second kappa shape index (κ2) is 8.65. The summed E-state index contributed by atoms with van der Waals surface area (Å²) in [6.45, 7) is 5.18. The van der Waals surface area contributed by atoms with E-state index in [0.717, 1.165) is 21.3 Å². The summed E-state index contributed by atoms with van der Waals surface area (Å²) in [6, 6.07) is 9.88. The minimum absolute atomic E-state index is 0.111. The maximum atomic E-state index is 13.4. The van der Waals surface area contributed by atoms with Crippen LogP contribution in [0.1, 0.15) is 27.9 Å². The Bertz CT molecular complexity index is 1250. The summed E-state index contributed by atoms with van der Waals surface area (Å²) >= 11 is 1.45. The van der Waals surface area contributed by atoms with Crippen LogP contribution in [0, 0.1) is 24.0 Å². The molecule has 0 radical (unpaired) electrons. The molecule has 2 aromatic carbocycles. The predicted octanol–water partition coefficient (Wildman–Crippen LogP) is 4.75. The second-order valence-electron chi connectivity index (χ2n) is 7.27. The van der Waals surface area contributed by atoms with Gasteiger partial charge in [-0.2, -0.15) is 0 Å². The van der Waals surface area contributed by atoms with E-state index in [-0.39, 0.29) is 17.2 Å². The smallest absolute Gasteiger partial charge is 0.270 e. The Labute approximate surface area is 182 Å². The number of nitrogens with zero attached hydrogens (tertiary/aromatic N) is 5. The molecule has 0 saturated carbocycles. The van der Waals surface area contributed by atoms with Crippen molar-refractivity contribution in [2.24, 2.45) is 0 Å². The van der Waals surface area contributed by atoms with Gasteiger partial charge in [-0.05, 0) is 43.5 Å². The fraction of sp³-hybridized carbons (Fsp3) is 0.227. The molecule has 0 N–H and O–H groups in total. The van der Waals surface area contributed by atoms with E-state index in [4.69, 9.17) is 4.98 Å². The Morgan fingerprint density at radius 2 is 2.10 bits per heavy atom. The van der Waals surface area contributed by atoms with Gasteiger partial charge in [0.15, 0.2) is 5.13 Å². The van der Waals surface area contributed by atoms with E-state index in [0.29, 0.717) is 24.6 Å². The molecule has 0 saturated heterocycles. The summed E-state index contributed by atoms with van der Waals surface area (Å²) < 4.78 is 2.95. The van der Waals surface area contributed by atoms with Gasteiger partial charge in [0, 0.05) is 43.2 Å². The van der Waals surface area contributed by atoms with Gasteiger partial charge >= 0.3 is 0 Å². The van der Waals surface area contributed by atoms with Crippen LogP contribution in [0.3, 0.4) is 0 Å². The molecule has 31 heavy (non-hydrogen) atoms. The molecule has 4 aromatic rings. The molecule has 0 bridgehead atoms. The number of aromatic nitrogens is 3. The molecule has 158 valence electrons. The van der Waals surface area contributed by atoms with E-state index in [9.17, 15) is 14.9 Å². The first-order valence-electron chi connectivity index (χ1n) is 9.83. The average molecular weight is 436 g/mol. The minimum atomic E-state index is -0.496. The molecule has 0 unspecified atom stereocenters. The second-order valence-corrected chi connectivity index (χ2v) is 8.28. The Morgan fingerprint density at radius 1 is 1.26 bits per heavy atom. The quantitative estimate of drug-likeness (QED) is 0.308. The zero-order valence-corrected chi connectivity index (χ0v) is 18.0. The summed E-state index contributed by atoms with van der Waals surface area (Å²) in [7, 11) is 0. The number of benzene rings is 2.